The summed E-state index contributed by atoms with van der Waals surface area (Å²) in [4.78, 5) is 37.4. The van der Waals surface area contributed by atoms with Crippen molar-refractivity contribution >= 4 is 17.7 Å². The first-order valence-corrected chi connectivity index (χ1v) is 7.08. The second-order valence-electron chi connectivity index (χ2n) is 5.40. The third-order valence-corrected chi connectivity index (χ3v) is 3.30. The van der Waals surface area contributed by atoms with Gasteiger partial charge in [0.1, 0.15) is 0 Å². The summed E-state index contributed by atoms with van der Waals surface area (Å²) in [6.45, 7) is 3.51. The molecule has 0 spiro atoms. The lowest BCUT2D eigenvalue weighted by Gasteiger charge is -2.33. The monoisotopic (exact) mass is 296 g/mol. The van der Waals surface area contributed by atoms with Gasteiger partial charge < -0.3 is 16.0 Å². The maximum absolute atomic E-state index is 12.2. The third-order valence-electron chi connectivity index (χ3n) is 3.30. The average Bonchev–Trinajstić information content (AvgIpc) is 2.37. The molecule has 0 radical (unpaired) electrons. The summed E-state index contributed by atoms with van der Waals surface area (Å²) in [7, 11) is 1.82. The molecule has 0 saturated carbocycles. The lowest BCUT2D eigenvalue weighted by atomic mass is 10.1. The number of hydrogen-bond acceptors (Lipinski definition) is 4. The molecule has 118 valence electrons. The number of urea groups is 1. The zero-order chi connectivity index (χ0) is 15.8. The van der Waals surface area contributed by atoms with Gasteiger partial charge in [0.05, 0.1) is 6.54 Å². The van der Waals surface area contributed by atoms with Gasteiger partial charge in [-0.2, -0.15) is 0 Å². The molecule has 3 amide bonds. The topological polar surface area (TPSA) is 95.7 Å². The van der Waals surface area contributed by atoms with Crippen LogP contribution in [0.2, 0.25) is 0 Å². The first-order valence-electron chi connectivity index (χ1n) is 7.08. The maximum atomic E-state index is 12.2. The normalized spacial score (nSPS) is 19.0. The van der Waals surface area contributed by atoms with Crippen molar-refractivity contribution in [1.29, 1.82) is 0 Å². The van der Waals surface area contributed by atoms with Crippen molar-refractivity contribution in [3.63, 3.8) is 0 Å². The van der Waals surface area contributed by atoms with Crippen molar-refractivity contribution in [2.45, 2.75) is 25.8 Å². The van der Waals surface area contributed by atoms with E-state index in [9.17, 15) is 14.4 Å². The van der Waals surface area contributed by atoms with Crippen molar-refractivity contribution in [2.24, 2.45) is 5.73 Å². The second kappa shape index (κ2) is 8.41. The number of amides is 3. The Morgan fingerprint density at radius 3 is 2.76 bits per heavy atom. The summed E-state index contributed by atoms with van der Waals surface area (Å²) in [5.41, 5.74) is 5.11. The van der Waals surface area contributed by atoms with Gasteiger partial charge in [-0.15, -0.1) is 0 Å². The summed E-state index contributed by atoms with van der Waals surface area (Å²) in [6, 6.07) is -0.621. The Labute approximate surface area is 125 Å². The number of ketones is 1. The molecule has 1 heterocycles. The lowest BCUT2D eigenvalue weighted by molar-refractivity contribution is -0.133. The van der Waals surface area contributed by atoms with Crippen LogP contribution in [0.15, 0.2) is 12.2 Å². The molecule has 7 nitrogen and oxygen atoms in total. The van der Waals surface area contributed by atoms with Crippen LogP contribution >= 0.6 is 0 Å². The lowest BCUT2D eigenvalue weighted by Crippen LogP contribution is -2.52. The number of nitrogens with one attached hydrogen (secondary N) is 1. The van der Waals surface area contributed by atoms with Crippen LogP contribution in [0.25, 0.3) is 0 Å². The van der Waals surface area contributed by atoms with Crippen molar-refractivity contribution in [2.75, 3.05) is 33.2 Å². The number of allylic oxidation sites excluding steroid dienone is 1. The Bertz CT molecular complexity index is 422. The van der Waals surface area contributed by atoms with Gasteiger partial charge in [-0.05, 0) is 32.9 Å². The molecule has 1 aliphatic rings. The van der Waals surface area contributed by atoms with Crippen molar-refractivity contribution in [1.82, 2.24) is 15.1 Å². The number of hydrogen-bond donors (Lipinski definition) is 2. The van der Waals surface area contributed by atoms with Gasteiger partial charge in [0.2, 0.25) is 5.91 Å². The van der Waals surface area contributed by atoms with Crippen molar-refractivity contribution in [3.8, 4) is 0 Å². The molecule has 0 aliphatic carbocycles. The highest BCUT2D eigenvalue weighted by atomic mass is 16.2. The van der Waals surface area contributed by atoms with E-state index < -0.39 is 6.03 Å². The minimum atomic E-state index is -0.555. The third kappa shape index (κ3) is 6.89. The van der Waals surface area contributed by atoms with Crippen molar-refractivity contribution in [3.05, 3.63) is 12.2 Å². The molecule has 1 atom stereocenters. The molecule has 7 heteroatoms. The number of likely N-dealkylation sites (tertiary alicyclic amines) is 1. The van der Waals surface area contributed by atoms with Crippen LogP contribution < -0.4 is 11.1 Å². The van der Waals surface area contributed by atoms with E-state index in [1.807, 2.05) is 11.9 Å². The summed E-state index contributed by atoms with van der Waals surface area (Å²) in [5, 5.41) is 2.65. The first-order chi connectivity index (χ1) is 9.88. The van der Waals surface area contributed by atoms with E-state index >= 15 is 0 Å². The fourth-order valence-electron chi connectivity index (χ4n) is 2.32. The summed E-state index contributed by atoms with van der Waals surface area (Å²) in [5.74, 6) is 0.0100. The molecule has 1 rings (SSSR count). The number of likely N-dealkylation sites (N-methyl/N-ethyl adjacent to an activating group) is 1. The van der Waals surface area contributed by atoms with Crippen LogP contribution in [-0.4, -0.2) is 66.8 Å². The molecule has 0 aromatic heterocycles. The molecule has 1 saturated heterocycles. The number of nitrogens with zero attached hydrogens (tertiary/aromatic N) is 2. The van der Waals surface area contributed by atoms with Gasteiger partial charge in [0.15, 0.2) is 5.78 Å². The van der Waals surface area contributed by atoms with Crippen LogP contribution in [0, 0.1) is 0 Å². The first kappa shape index (κ1) is 17.2. The molecule has 1 unspecified atom stereocenters. The average molecular weight is 296 g/mol. The Morgan fingerprint density at radius 2 is 2.14 bits per heavy atom. The highest BCUT2D eigenvalue weighted by molar-refractivity contribution is 5.87. The van der Waals surface area contributed by atoms with Crippen LogP contribution in [0.4, 0.5) is 4.79 Å². The van der Waals surface area contributed by atoms with Crippen molar-refractivity contribution < 1.29 is 14.4 Å². The summed E-state index contributed by atoms with van der Waals surface area (Å²) < 4.78 is 0. The molecular weight excluding hydrogens is 272 g/mol. The van der Waals surface area contributed by atoms with Gasteiger partial charge >= 0.3 is 6.03 Å². The number of carbonyl (C=O) groups excluding carboxylic acids is 3. The maximum Gasteiger partial charge on any atom is 0.312 e. The number of primary amides is 1. The second-order valence-corrected chi connectivity index (χ2v) is 5.40. The molecule has 1 fully saturated rings. The zero-order valence-corrected chi connectivity index (χ0v) is 12.7. The molecule has 21 heavy (non-hydrogen) atoms. The van der Waals surface area contributed by atoms with Gasteiger partial charge in [0.25, 0.3) is 0 Å². The van der Waals surface area contributed by atoms with E-state index in [1.165, 1.54) is 13.0 Å². The van der Waals surface area contributed by atoms with Crippen LogP contribution in [-0.2, 0) is 9.59 Å². The number of rotatable bonds is 6. The summed E-state index contributed by atoms with van der Waals surface area (Å²) >= 11 is 0. The van der Waals surface area contributed by atoms with Gasteiger partial charge in [-0.1, -0.05) is 6.08 Å². The molecule has 0 aromatic rings. The van der Waals surface area contributed by atoms with Crippen LogP contribution in [0.1, 0.15) is 19.8 Å². The number of carbonyl (C=O) groups is 3. The van der Waals surface area contributed by atoms with Gasteiger partial charge in [-0.3, -0.25) is 14.5 Å². The molecule has 0 bridgehead atoms. The van der Waals surface area contributed by atoms with E-state index in [0.29, 0.717) is 19.6 Å². The van der Waals surface area contributed by atoms with Crippen LogP contribution in [0.3, 0.4) is 0 Å². The van der Waals surface area contributed by atoms with Gasteiger partial charge in [-0.25, -0.2) is 4.79 Å². The van der Waals surface area contributed by atoms with Crippen LogP contribution in [0.5, 0.6) is 0 Å². The molecule has 1 aliphatic heterocycles. The largest absolute Gasteiger partial charge is 0.352 e. The fourth-order valence-corrected chi connectivity index (χ4v) is 2.32. The SMILES string of the molecule is CC(=O)/C=C/CN(C)CC(=O)N1CCCC(NC(N)=O)C1. The van der Waals surface area contributed by atoms with E-state index in [0.717, 1.165) is 12.8 Å². The minimum absolute atomic E-state index is 0.00822. The number of piperidine rings is 1. The zero-order valence-electron chi connectivity index (χ0n) is 12.7. The fraction of sp³-hybridized carbons (Fsp3) is 0.643. The number of nitrogens with two attached hydrogens (primary N) is 1. The quantitative estimate of drug-likeness (QED) is 0.659. The standard InChI is InChI=1S/C14H24N4O3/c1-11(19)5-3-7-17(2)10-13(20)18-8-4-6-12(9-18)16-14(15)21/h3,5,12H,4,6-10H2,1-2H3,(H3,15,16,21)/b5-3+. The predicted molar refractivity (Wildman–Crippen MR) is 79.6 cm³/mol. The predicted octanol–water partition coefficient (Wildman–Crippen LogP) is -0.277. The van der Waals surface area contributed by atoms with E-state index in [1.54, 1.807) is 11.0 Å². The Balaban J connectivity index is 2.40. The summed E-state index contributed by atoms with van der Waals surface area (Å²) in [6.07, 6.45) is 4.92. The van der Waals surface area contributed by atoms with E-state index in [-0.39, 0.29) is 24.3 Å². The highest BCUT2D eigenvalue weighted by Gasteiger charge is 2.24. The highest BCUT2D eigenvalue weighted by Crippen LogP contribution is 2.10. The molecule has 3 N–H and O–H groups in total. The smallest absolute Gasteiger partial charge is 0.312 e. The van der Waals surface area contributed by atoms with E-state index in [2.05, 4.69) is 5.32 Å². The molecule has 0 aromatic carbocycles. The molecular formula is C14H24N4O3. The Kier molecular flexibility index (Phi) is 6.87. The van der Waals surface area contributed by atoms with Gasteiger partial charge in [0, 0.05) is 25.7 Å². The minimum Gasteiger partial charge on any atom is -0.352 e. The van der Waals surface area contributed by atoms with E-state index in [4.69, 9.17) is 5.73 Å². The Morgan fingerprint density at radius 1 is 1.43 bits per heavy atom. The Hall–Kier alpha value is -1.89.